The van der Waals surface area contributed by atoms with Gasteiger partial charge in [0, 0.05) is 23.7 Å². The number of aromatic nitrogens is 2. The van der Waals surface area contributed by atoms with Gasteiger partial charge in [0.25, 0.3) is 5.91 Å². The first-order valence-corrected chi connectivity index (χ1v) is 13.1. The van der Waals surface area contributed by atoms with Crippen molar-refractivity contribution in [2.24, 2.45) is 0 Å². The average molecular weight is 473 g/mol. The first-order valence-electron chi connectivity index (χ1n) is 10.8. The molecule has 1 aliphatic heterocycles. The SMILES string of the molecule is O=C(COc1ncnc2sc3c(c12)CCCC3)Nc1ccc(S(=O)(=O)N2CCCC2)cc1. The van der Waals surface area contributed by atoms with Crippen LogP contribution in [-0.4, -0.2) is 48.3 Å². The molecule has 0 unspecified atom stereocenters. The van der Waals surface area contributed by atoms with Gasteiger partial charge in [0.05, 0.1) is 10.3 Å². The second-order valence-electron chi connectivity index (χ2n) is 8.04. The highest BCUT2D eigenvalue weighted by Crippen LogP contribution is 2.38. The Hall–Kier alpha value is -2.56. The molecule has 0 atom stereocenters. The number of amides is 1. The number of hydrogen-bond acceptors (Lipinski definition) is 7. The molecule has 1 amide bonds. The Morgan fingerprint density at radius 3 is 2.59 bits per heavy atom. The van der Waals surface area contributed by atoms with E-state index in [9.17, 15) is 13.2 Å². The highest BCUT2D eigenvalue weighted by Gasteiger charge is 2.27. The van der Waals surface area contributed by atoms with Crippen LogP contribution in [0.2, 0.25) is 0 Å². The van der Waals surface area contributed by atoms with Crippen LogP contribution in [0.25, 0.3) is 10.2 Å². The maximum atomic E-state index is 12.6. The summed E-state index contributed by atoms with van der Waals surface area (Å²) in [6, 6.07) is 6.24. The number of thiophene rings is 1. The van der Waals surface area contributed by atoms with Crippen LogP contribution in [-0.2, 0) is 27.7 Å². The van der Waals surface area contributed by atoms with Gasteiger partial charge in [-0.1, -0.05) is 0 Å². The predicted molar refractivity (Wildman–Crippen MR) is 123 cm³/mol. The number of nitrogens with zero attached hydrogens (tertiary/aromatic N) is 3. The van der Waals surface area contributed by atoms with Crippen molar-refractivity contribution < 1.29 is 17.9 Å². The lowest BCUT2D eigenvalue weighted by Gasteiger charge is -2.15. The van der Waals surface area contributed by atoms with Crippen molar-refractivity contribution in [2.75, 3.05) is 25.0 Å². The quantitative estimate of drug-likeness (QED) is 0.590. The minimum absolute atomic E-state index is 0.190. The number of aryl methyl sites for hydroxylation is 2. The fraction of sp³-hybridized carbons (Fsp3) is 0.409. The summed E-state index contributed by atoms with van der Waals surface area (Å²) in [6.45, 7) is 0.925. The molecule has 2 aromatic heterocycles. The fourth-order valence-electron chi connectivity index (χ4n) is 4.29. The third-order valence-corrected chi connectivity index (χ3v) is 9.01. The monoisotopic (exact) mass is 472 g/mol. The minimum Gasteiger partial charge on any atom is -0.467 e. The molecule has 3 aromatic rings. The molecule has 1 fully saturated rings. The van der Waals surface area contributed by atoms with Crippen molar-refractivity contribution >= 4 is 43.2 Å². The zero-order valence-electron chi connectivity index (χ0n) is 17.5. The highest BCUT2D eigenvalue weighted by molar-refractivity contribution is 7.89. The lowest BCUT2D eigenvalue weighted by Crippen LogP contribution is -2.27. The molecular weight excluding hydrogens is 448 g/mol. The van der Waals surface area contributed by atoms with E-state index >= 15 is 0 Å². The number of fused-ring (bicyclic) bond motifs is 3. The van der Waals surface area contributed by atoms with Gasteiger partial charge in [-0.2, -0.15) is 4.31 Å². The number of nitrogens with one attached hydrogen (secondary N) is 1. The van der Waals surface area contributed by atoms with Crippen LogP contribution in [0.4, 0.5) is 5.69 Å². The lowest BCUT2D eigenvalue weighted by atomic mass is 9.97. The van der Waals surface area contributed by atoms with Crippen molar-refractivity contribution in [1.29, 1.82) is 0 Å². The van der Waals surface area contributed by atoms with E-state index in [4.69, 9.17) is 4.74 Å². The van der Waals surface area contributed by atoms with Gasteiger partial charge in [-0.05, 0) is 68.4 Å². The van der Waals surface area contributed by atoms with Crippen LogP contribution in [0.1, 0.15) is 36.1 Å². The van der Waals surface area contributed by atoms with Gasteiger partial charge in [-0.25, -0.2) is 18.4 Å². The van der Waals surface area contributed by atoms with Gasteiger partial charge < -0.3 is 10.1 Å². The summed E-state index contributed by atoms with van der Waals surface area (Å²) >= 11 is 1.68. The largest absolute Gasteiger partial charge is 0.467 e. The van der Waals surface area contributed by atoms with Crippen molar-refractivity contribution in [3.63, 3.8) is 0 Å². The molecule has 0 spiro atoms. The van der Waals surface area contributed by atoms with E-state index in [2.05, 4.69) is 15.3 Å². The molecule has 10 heteroatoms. The number of ether oxygens (including phenoxy) is 1. The van der Waals surface area contributed by atoms with Gasteiger partial charge in [0.15, 0.2) is 6.61 Å². The molecule has 32 heavy (non-hydrogen) atoms. The van der Waals surface area contributed by atoms with E-state index < -0.39 is 10.0 Å². The second-order valence-corrected chi connectivity index (χ2v) is 11.1. The summed E-state index contributed by atoms with van der Waals surface area (Å²) in [5.74, 6) is 0.104. The number of sulfonamides is 1. The molecule has 0 saturated carbocycles. The van der Waals surface area contributed by atoms with Crippen molar-refractivity contribution in [3.8, 4) is 5.88 Å². The summed E-state index contributed by atoms with van der Waals surface area (Å²) < 4.78 is 32.5. The third-order valence-electron chi connectivity index (χ3n) is 5.90. The third kappa shape index (κ3) is 4.10. The smallest absolute Gasteiger partial charge is 0.262 e. The number of carbonyl (C=O) groups is 1. The normalized spacial score (nSPS) is 16.8. The first kappa shape index (κ1) is 21.3. The zero-order chi connectivity index (χ0) is 22.1. The Morgan fingerprint density at radius 2 is 1.81 bits per heavy atom. The topological polar surface area (TPSA) is 101 Å². The van der Waals surface area contributed by atoms with Crippen LogP contribution < -0.4 is 10.1 Å². The second kappa shape index (κ2) is 8.76. The molecular formula is C22H24N4O4S2. The molecule has 168 valence electrons. The molecule has 1 N–H and O–H groups in total. The van der Waals surface area contributed by atoms with Crippen LogP contribution in [0, 0.1) is 0 Å². The van der Waals surface area contributed by atoms with Crippen LogP contribution in [0.3, 0.4) is 0 Å². The molecule has 0 radical (unpaired) electrons. The molecule has 5 rings (SSSR count). The van der Waals surface area contributed by atoms with E-state index in [-0.39, 0.29) is 17.4 Å². The van der Waals surface area contributed by atoms with Crippen molar-refractivity contribution in [3.05, 3.63) is 41.0 Å². The van der Waals surface area contributed by atoms with Crippen LogP contribution in [0.15, 0.2) is 35.5 Å². The minimum atomic E-state index is -3.47. The van der Waals surface area contributed by atoms with Crippen LogP contribution >= 0.6 is 11.3 Å². The number of carbonyl (C=O) groups excluding carboxylic acids is 1. The average Bonchev–Trinajstić information content (AvgIpc) is 3.47. The Kier molecular flexibility index (Phi) is 5.83. The summed E-state index contributed by atoms with van der Waals surface area (Å²) in [5, 5.41) is 3.68. The Bertz CT molecular complexity index is 1250. The van der Waals surface area contributed by atoms with E-state index in [1.807, 2.05) is 0 Å². The van der Waals surface area contributed by atoms with Crippen LogP contribution in [0.5, 0.6) is 5.88 Å². The van der Waals surface area contributed by atoms with E-state index in [1.54, 1.807) is 23.5 Å². The van der Waals surface area contributed by atoms with Crippen molar-refractivity contribution in [1.82, 2.24) is 14.3 Å². The van der Waals surface area contributed by atoms with Gasteiger partial charge in [-0.15, -0.1) is 11.3 Å². The van der Waals surface area contributed by atoms with E-state index in [0.717, 1.165) is 42.3 Å². The zero-order valence-corrected chi connectivity index (χ0v) is 19.2. The number of anilines is 1. The molecule has 0 bridgehead atoms. The Balaban J connectivity index is 1.24. The van der Waals surface area contributed by atoms with Gasteiger partial charge in [-0.3, -0.25) is 4.79 Å². The molecule has 1 saturated heterocycles. The number of rotatable bonds is 6. The summed E-state index contributed by atoms with van der Waals surface area (Å²) in [4.78, 5) is 23.5. The molecule has 8 nitrogen and oxygen atoms in total. The van der Waals surface area contributed by atoms with Crippen molar-refractivity contribution in [2.45, 2.75) is 43.4 Å². The summed E-state index contributed by atoms with van der Waals surface area (Å²) in [6.07, 6.45) is 7.61. The molecule has 1 aromatic carbocycles. The number of hydrogen-bond donors (Lipinski definition) is 1. The predicted octanol–water partition coefficient (Wildman–Crippen LogP) is 3.37. The standard InChI is InChI=1S/C22H24N4O4S2/c27-19(25-15-7-9-16(10-8-15)32(28,29)26-11-3-4-12-26)13-30-21-20-17-5-1-2-6-18(17)31-22(20)24-14-23-21/h7-10,14H,1-6,11-13H2,(H,25,27). The summed E-state index contributed by atoms with van der Waals surface area (Å²) in [7, 11) is -3.47. The lowest BCUT2D eigenvalue weighted by molar-refractivity contribution is -0.118. The number of benzene rings is 1. The Morgan fingerprint density at radius 1 is 1.06 bits per heavy atom. The highest BCUT2D eigenvalue weighted by atomic mass is 32.2. The maximum absolute atomic E-state index is 12.6. The van der Waals surface area contributed by atoms with Gasteiger partial charge in [0.1, 0.15) is 11.2 Å². The fourth-order valence-corrected chi connectivity index (χ4v) is 7.03. The summed E-state index contributed by atoms with van der Waals surface area (Å²) in [5.41, 5.74) is 1.77. The Labute approximate surface area is 190 Å². The molecule has 1 aliphatic carbocycles. The first-order chi connectivity index (χ1) is 15.5. The van der Waals surface area contributed by atoms with E-state index in [1.165, 1.54) is 39.6 Å². The maximum Gasteiger partial charge on any atom is 0.262 e. The van der Waals surface area contributed by atoms with E-state index in [0.29, 0.717) is 24.7 Å². The molecule has 2 aliphatic rings. The van der Waals surface area contributed by atoms with Gasteiger partial charge >= 0.3 is 0 Å². The molecule has 3 heterocycles. The van der Waals surface area contributed by atoms with Gasteiger partial charge in [0.2, 0.25) is 15.9 Å².